The highest BCUT2D eigenvalue weighted by atomic mass is 19.4. The van der Waals surface area contributed by atoms with Gasteiger partial charge in [0.2, 0.25) is 5.91 Å². The molecule has 1 aromatic carbocycles. The molecule has 1 amide bonds. The third-order valence-corrected chi connectivity index (χ3v) is 3.92. The number of methoxy groups -OCH3 is 1. The van der Waals surface area contributed by atoms with Crippen molar-refractivity contribution >= 4 is 17.6 Å². The van der Waals surface area contributed by atoms with Crippen molar-refractivity contribution in [1.82, 2.24) is 0 Å². The number of carbonyl (C=O) groups excluding carboxylic acids is 2. The minimum atomic E-state index is -4.62. The molecule has 0 unspecified atom stereocenters. The van der Waals surface area contributed by atoms with Gasteiger partial charge in [-0.25, -0.2) is 4.79 Å². The van der Waals surface area contributed by atoms with Crippen molar-refractivity contribution in [1.29, 1.82) is 0 Å². The van der Waals surface area contributed by atoms with Crippen LogP contribution in [0.2, 0.25) is 0 Å². The predicted molar refractivity (Wildman–Crippen MR) is 78.0 cm³/mol. The topological polar surface area (TPSA) is 55.4 Å². The predicted octanol–water partition coefficient (Wildman–Crippen LogP) is 4.01. The Morgan fingerprint density at radius 1 is 1.13 bits per heavy atom. The molecule has 0 aromatic heterocycles. The second kappa shape index (κ2) is 7.02. The van der Waals surface area contributed by atoms with Crippen LogP contribution in [0, 0.1) is 5.92 Å². The van der Waals surface area contributed by atoms with Crippen molar-refractivity contribution in [3.8, 4) is 0 Å². The molecule has 126 valence electrons. The highest BCUT2D eigenvalue weighted by Crippen LogP contribution is 2.33. The average Bonchev–Trinajstić information content (AvgIpc) is 2.53. The van der Waals surface area contributed by atoms with Crippen LogP contribution in [0.15, 0.2) is 18.2 Å². The third kappa shape index (κ3) is 4.46. The van der Waals surface area contributed by atoms with E-state index in [2.05, 4.69) is 10.1 Å². The van der Waals surface area contributed by atoms with Crippen LogP contribution in [-0.4, -0.2) is 19.0 Å². The number of alkyl halides is 3. The van der Waals surface area contributed by atoms with Gasteiger partial charge >= 0.3 is 12.1 Å². The number of hydrogen-bond donors (Lipinski definition) is 1. The lowest BCUT2D eigenvalue weighted by atomic mass is 9.88. The first-order valence-electron chi connectivity index (χ1n) is 7.42. The minimum absolute atomic E-state index is 0.0456. The molecular weight excluding hydrogens is 311 g/mol. The molecule has 0 saturated heterocycles. The summed E-state index contributed by atoms with van der Waals surface area (Å²) in [5, 5.41) is 2.50. The molecule has 1 N–H and O–H groups in total. The molecule has 0 radical (unpaired) electrons. The highest BCUT2D eigenvalue weighted by Gasteiger charge is 2.32. The summed E-state index contributed by atoms with van der Waals surface area (Å²) >= 11 is 0. The van der Waals surface area contributed by atoms with Crippen LogP contribution in [-0.2, 0) is 15.7 Å². The van der Waals surface area contributed by atoms with Gasteiger partial charge in [0.05, 0.1) is 18.2 Å². The molecule has 0 atom stereocenters. The van der Waals surface area contributed by atoms with E-state index in [1.165, 1.54) is 6.07 Å². The standard InChI is InChI=1S/C16H18F3NO3/c1-23-15(22)11-7-12(16(17,18)19)9-13(8-11)20-14(21)10-5-3-2-4-6-10/h7-10H,2-6H2,1H3,(H,20,21). The molecule has 7 heteroatoms. The highest BCUT2D eigenvalue weighted by molar-refractivity contribution is 5.95. The van der Waals surface area contributed by atoms with Crippen molar-refractivity contribution in [2.45, 2.75) is 38.3 Å². The molecule has 4 nitrogen and oxygen atoms in total. The number of hydrogen-bond acceptors (Lipinski definition) is 3. The SMILES string of the molecule is COC(=O)c1cc(NC(=O)C2CCCCC2)cc(C(F)(F)F)c1. The second-order valence-corrected chi connectivity index (χ2v) is 5.61. The number of carbonyl (C=O) groups is 2. The quantitative estimate of drug-likeness (QED) is 0.853. The maximum absolute atomic E-state index is 12.9. The van der Waals surface area contributed by atoms with E-state index >= 15 is 0 Å². The molecule has 2 rings (SSSR count). The molecule has 1 aliphatic carbocycles. The Labute approximate surface area is 132 Å². The number of ether oxygens (including phenoxy) is 1. The van der Waals surface area contributed by atoms with Gasteiger partial charge in [-0.05, 0) is 31.0 Å². The summed E-state index contributed by atoms with van der Waals surface area (Å²) in [4.78, 5) is 23.7. The van der Waals surface area contributed by atoms with E-state index in [9.17, 15) is 22.8 Å². The Balaban J connectivity index is 2.25. The summed E-state index contributed by atoms with van der Waals surface area (Å²) in [6.07, 6.45) is -0.209. The van der Waals surface area contributed by atoms with Gasteiger partial charge in [0.25, 0.3) is 0 Å². The Kier molecular flexibility index (Phi) is 5.28. The van der Waals surface area contributed by atoms with Crippen LogP contribution in [0.4, 0.5) is 18.9 Å². The number of nitrogens with one attached hydrogen (secondary N) is 1. The Bertz CT molecular complexity index is 593. The number of anilines is 1. The lowest BCUT2D eigenvalue weighted by Gasteiger charge is -2.21. The Hall–Kier alpha value is -2.05. The average molecular weight is 329 g/mol. The molecule has 0 aliphatic heterocycles. The summed E-state index contributed by atoms with van der Waals surface area (Å²) < 4.78 is 43.3. The molecule has 1 fully saturated rings. The molecule has 0 bridgehead atoms. The van der Waals surface area contributed by atoms with E-state index in [0.717, 1.165) is 45.3 Å². The van der Waals surface area contributed by atoms with Gasteiger partial charge in [0, 0.05) is 11.6 Å². The van der Waals surface area contributed by atoms with E-state index < -0.39 is 17.7 Å². The van der Waals surface area contributed by atoms with E-state index in [1.54, 1.807) is 0 Å². The Morgan fingerprint density at radius 2 is 1.78 bits per heavy atom. The largest absolute Gasteiger partial charge is 0.465 e. The van der Waals surface area contributed by atoms with E-state index in [1.807, 2.05) is 0 Å². The third-order valence-electron chi connectivity index (χ3n) is 3.92. The summed E-state index contributed by atoms with van der Waals surface area (Å²) in [6.45, 7) is 0. The lowest BCUT2D eigenvalue weighted by Crippen LogP contribution is -2.25. The first-order chi connectivity index (χ1) is 10.8. The van der Waals surface area contributed by atoms with Crippen molar-refractivity contribution < 1.29 is 27.5 Å². The smallest absolute Gasteiger partial charge is 0.416 e. The molecule has 0 spiro atoms. The van der Waals surface area contributed by atoms with Crippen LogP contribution in [0.1, 0.15) is 48.0 Å². The van der Waals surface area contributed by atoms with Gasteiger partial charge in [-0.3, -0.25) is 4.79 Å². The van der Waals surface area contributed by atoms with Gasteiger partial charge in [-0.15, -0.1) is 0 Å². The van der Waals surface area contributed by atoms with E-state index in [4.69, 9.17) is 0 Å². The Morgan fingerprint density at radius 3 is 2.35 bits per heavy atom. The summed E-state index contributed by atoms with van der Waals surface area (Å²) in [6, 6.07) is 2.73. The number of amides is 1. The van der Waals surface area contributed by atoms with Crippen LogP contribution < -0.4 is 5.32 Å². The number of benzene rings is 1. The zero-order chi connectivity index (χ0) is 17.0. The van der Waals surface area contributed by atoms with E-state index in [-0.39, 0.29) is 23.1 Å². The van der Waals surface area contributed by atoms with Gasteiger partial charge in [-0.2, -0.15) is 13.2 Å². The van der Waals surface area contributed by atoms with Crippen LogP contribution in [0.3, 0.4) is 0 Å². The van der Waals surface area contributed by atoms with Crippen molar-refractivity contribution in [3.05, 3.63) is 29.3 Å². The fraction of sp³-hybridized carbons (Fsp3) is 0.500. The maximum atomic E-state index is 12.9. The second-order valence-electron chi connectivity index (χ2n) is 5.61. The monoisotopic (exact) mass is 329 g/mol. The summed E-state index contributed by atoms with van der Waals surface area (Å²) in [5.74, 6) is -1.39. The number of esters is 1. The van der Waals surface area contributed by atoms with Crippen molar-refractivity contribution in [2.75, 3.05) is 12.4 Å². The fourth-order valence-electron chi connectivity index (χ4n) is 2.71. The lowest BCUT2D eigenvalue weighted by molar-refractivity contribution is -0.137. The fourth-order valence-corrected chi connectivity index (χ4v) is 2.71. The molecule has 0 heterocycles. The first-order valence-corrected chi connectivity index (χ1v) is 7.42. The maximum Gasteiger partial charge on any atom is 0.416 e. The van der Waals surface area contributed by atoms with Gasteiger partial charge in [-0.1, -0.05) is 19.3 Å². The van der Waals surface area contributed by atoms with Crippen molar-refractivity contribution in [2.24, 2.45) is 5.92 Å². The zero-order valence-corrected chi connectivity index (χ0v) is 12.7. The van der Waals surface area contributed by atoms with Crippen LogP contribution in [0.25, 0.3) is 0 Å². The summed E-state index contributed by atoms with van der Waals surface area (Å²) in [7, 11) is 1.09. The molecule has 1 aromatic rings. The number of rotatable bonds is 3. The number of halogens is 3. The van der Waals surface area contributed by atoms with Crippen molar-refractivity contribution in [3.63, 3.8) is 0 Å². The van der Waals surface area contributed by atoms with E-state index in [0.29, 0.717) is 6.07 Å². The first kappa shape index (κ1) is 17.3. The van der Waals surface area contributed by atoms with Gasteiger partial charge in [0.1, 0.15) is 0 Å². The van der Waals surface area contributed by atoms with Gasteiger partial charge in [0.15, 0.2) is 0 Å². The molecular formula is C16H18F3NO3. The normalized spacial score (nSPS) is 16.0. The molecule has 1 saturated carbocycles. The molecule has 23 heavy (non-hydrogen) atoms. The van der Waals surface area contributed by atoms with Crippen LogP contribution in [0.5, 0.6) is 0 Å². The van der Waals surface area contributed by atoms with Gasteiger partial charge < -0.3 is 10.1 Å². The molecule has 1 aliphatic rings. The minimum Gasteiger partial charge on any atom is -0.465 e. The summed E-state index contributed by atoms with van der Waals surface area (Å²) in [5.41, 5.74) is -1.29. The zero-order valence-electron chi connectivity index (χ0n) is 12.7. The van der Waals surface area contributed by atoms with Crippen LogP contribution >= 0.6 is 0 Å².